The summed E-state index contributed by atoms with van der Waals surface area (Å²) in [7, 11) is 4.09. The summed E-state index contributed by atoms with van der Waals surface area (Å²) >= 11 is 1.70. The van der Waals surface area contributed by atoms with Crippen LogP contribution in [0.1, 0.15) is 45.4 Å². The second-order valence-electron chi connectivity index (χ2n) is 5.35. The van der Waals surface area contributed by atoms with Crippen molar-refractivity contribution in [3.05, 3.63) is 18.2 Å². The summed E-state index contributed by atoms with van der Waals surface area (Å²) in [5, 5.41) is 3.53. The molecule has 114 valence electrons. The molecule has 0 heterocycles. The van der Waals surface area contributed by atoms with Gasteiger partial charge in [-0.25, -0.2) is 0 Å². The van der Waals surface area contributed by atoms with E-state index in [1.54, 1.807) is 11.9 Å². The summed E-state index contributed by atoms with van der Waals surface area (Å²) in [5.74, 6) is 0. The SMILES string of the molecule is CCCCCCCCNc1ccc(N)cc1SN(C)C. The quantitative estimate of drug-likeness (QED) is 0.376. The topological polar surface area (TPSA) is 41.3 Å². The normalized spacial score (nSPS) is 11.0. The Hall–Kier alpha value is -0.870. The highest BCUT2D eigenvalue weighted by molar-refractivity contribution is 7.97. The van der Waals surface area contributed by atoms with Gasteiger partial charge in [-0.15, -0.1) is 0 Å². The van der Waals surface area contributed by atoms with Crippen LogP contribution in [-0.2, 0) is 0 Å². The van der Waals surface area contributed by atoms with Gasteiger partial charge in [0.25, 0.3) is 0 Å². The van der Waals surface area contributed by atoms with Gasteiger partial charge in [0, 0.05) is 22.8 Å². The minimum atomic E-state index is 0.819. The molecule has 0 saturated heterocycles. The number of hydrogen-bond acceptors (Lipinski definition) is 4. The highest BCUT2D eigenvalue weighted by Gasteiger charge is 2.05. The third-order valence-corrected chi connectivity index (χ3v) is 4.03. The second kappa shape index (κ2) is 9.94. The van der Waals surface area contributed by atoms with Gasteiger partial charge in [-0.2, -0.15) is 0 Å². The standard InChI is InChI=1S/C16H29N3S/c1-4-5-6-7-8-9-12-18-15-11-10-14(17)13-16(15)20-19(2)3/h10-11,13,18H,4-9,12,17H2,1-3H3. The number of hydrogen-bond donors (Lipinski definition) is 2. The predicted octanol–water partition coefficient (Wildman–Crippen LogP) is 4.61. The molecule has 0 unspecified atom stereocenters. The predicted molar refractivity (Wildman–Crippen MR) is 92.3 cm³/mol. The smallest absolute Gasteiger partial charge is 0.0493 e. The van der Waals surface area contributed by atoms with E-state index < -0.39 is 0 Å². The van der Waals surface area contributed by atoms with Gasteiger partial charge in [-0.05, 0) is 50.7 Å². The number of nitrogen functional groups attached to an aromatic ring is 1. The van der Waals surface area contributed by atoms with Crippen molar-refractivity contribution < 1.29 is 0 Å². The van der Waals surface area contributed by atoms with Crippen molar-refractivity contribution in [2.24, 2.45) is 0 Å². The molecule has 3 nitrogen and oxygen atoms in total. The molecule has 0 aliphatic carbocycles. The van der Waals surface area contributed by atoms with E-state index in [4.69, 9.17) is 5.73 Å². The van der Waals surface area contributed by atoms with Crippen LogP contribution in [0.3, 0.4) is 0 Å². The van der Waals surface area contributed by atoms with Crippen molar-refractivity contribution in [3.63, 3.8) is 0 Å². The maximum Gasteiger partial charge on any atom is 0.0493 e. The maximum absolute atomic E-state index is 5.87. The fraction of sp³-hybridized carbons (Fsp3) is 0.625. The third-order valence-electron chi connectivity index (χ3n) is 3.13. The van der Waals surface area contributed by atoms with Crippen LogP contribution < -0.4 is 11.1 Å². The van der Waals surface area contributed by atoms with Crippen molar-refractivity contribution in [3.8, 4) is 0 Å². The molecule has 1 aromatic rings. The molecule has 0 aliphatic rings. The zero-order valence-electron chi connectivity index (χ0n) is 13.1. The molecule has 1 rings (SSSR count). The molecule has 0 aromatic heterocycles. The average molecular weight is 295 g/mol. The minimum absolute atomic E-state index is 0.819. The minimum Gasteiger partial charge on any atom is -0.399 e. The van der Waals surface area contributed by atoms with E-state index in [2.05, 4.69) is 22.6 Å². The zero-order chi connectivity index (χ0) is 14.8. The molecule has 0 spiro atoms. The maximum atomic E-state index is 5.87. The fourth-order valence-electron chi connectivity index (χ4n) is 2.09. The second-order valence-corrected chi connectivity index (χ2v) is 6.71. The molecule has 0 fully saturated rings. The zero-order valence-corrected chi connectivity index (χ0v) is 13.9. The third kappa shape index (κ3) is 7.06. The highest BCUT2D eigenvalue weighted by atomic mass is 32.2. The molecule has 1 aromatic carbocycles. The largest absolute Gasteiger partial charge is 0.399 e. The first-order chi connectivity index (χ1) is 9.63. The molecule has 0 saturated carbocycles. The van der Waals surface area contributed by atoms with Crippen LogP contribution in [0.15, 0.2) is 23.1 Å². The van der Waals surface area contributed by atoms with Gasteiger partial charge < -0.3 is 11.1 Å². The van der Waals surface area contributed by atoms with Crippen molar-refractivity contribution >= 4 is 23.3 Å². The molecule has 4 heteroatoms. The van der Waals surface area contributed by atoms with Crippen LogP contribution in [0.4, 0.5) is 11.4 Å². The van der Waals surface area contributed by atoms with E-state index in [-0.39, 0.29) is 0 Å². The number of nitrogens with two attached hydrogens (primary N) is 1. The molecule has 0 amide bonds. The van der Waals surface area contributed by atoms with Crippen LogP contribution in [-0.4, -0.2) is 24.9 Å². The Kier molecular flexibility index (Phi) is 8.54. The number of nitrogens with one attached hydrogen (secondary N) is 1. The summed E-state index contributed by atoms with van der Waals surface area (Å²) < 4.78 is 2.09. The molecule has 0 radical (unpaired) electrons. The molecule has 20 heavy (non-hydrogen) atoms. The first-order valence-corrected chi connectivity index (χ1v) is 8.39. The molecule has 0 bridgehead atoms. The summed E-state index contributed by atoms with van der Waals surface area (Å²) in [6.45, 7) is 3.30. The van der Waals surface area contributed by atoms with E-state index >= 15 is 0 Å². The molecule has 0 atom stereocenters. The lowest BCUT2D eigenvalue weighted by molar-refractivity contribution is 0.617. The van der Waals surface area contributed by atoms with Crippen molar-refractivity contribution in [2.45, 2.75) is 50.3 Å². The molecule has 0 aliphatic heterocycles. The number of unbranched alkanes of at least 4 members (excludes halogenated alkanes) is 5. The Morgan fingerprint density at radius 2 is 1.80 bits per heavy atom. The number of nitrogens with zero attached hydrogens (tertiary/aromatic N) is 1. The van der Waals surface area contributed by atoms with Crippen molar-refractivity contribution in [2.75, 3.05) is 31.7 Å². The van der Waals surface area contributed by atoms with Crippen molar-refractivity contribution in [1.82, 2.24) is 4.31 Å². The van der Waals surface area contributed by atoms with Gasteiger partial charge in [-0.1, -0.05) is 39.0 Å². The van der Waals surface area contributed by atoms with Gasteiger partial charge in [0.2, 0.25) is 0 Å². The lowest BCUT2D eigenvalue weighted by atomic mass is 10.1. The van der Waals surface area contributed by atoms with Gasteiger partial charge in [0.05, 0.1) is 0 Å². The highest BCUT2D eigenvalue weighted by Crippen LogP contribution is 2.30. The Labute approximate surface area is 128 Å². The van der Waals surface area contributed by atoms with Crippen LogP contribution in [0, 0.1) is 0 Å². The average Bonchev–Trinajstić information content (AvgIpc) is 2.39. The summed E-state index contributed by atoms with van der Waals surface area (Å²) in [5.41, 5.74) is 7.87. The van der Waals surface area contributed by atoms with E-state index in [1.165, 1.54) is 49.1 Å². The number of anilines is 2. The molecular weight excluding hydrogens is 266 g/mol. The van der Waals surface area contributed by atoms with Gasteiger partial charge in [0.15, 0.2) is 0 Å². The van der Waals surface area contributed by atoms with Crippen LogP contribution in [0.2, 0.25) is 0 Å². The summed E-state index contributed by atoms with van der Waals surface area (Å²) in [6, 6.07) is 6.08. The Bertz CT molecular complexity index is 380. The molecular formula is C16H29N3S. The monoisotopic (exact) mass is 295 g/mol. The van der Waals surface area contributed by atoms with Gasteiger partial charge >= 0.3 is 0 Å². The lowest BCUT2D eigenvalue weighted by Crippen LogP contribution is -2.05. The number of rotatable bonds is 10. The fourth-order valence-corrected chi connectivity index (χ4v) is 2.91. The first-order valence-electron chi connectivity index (χ1n) is 7.62. The molecule has 3 N–H and O–H groups in total. The van der Waals surface area contributed by atoms with Crippen molar-refractivity contribution in [1.29, 1.82) is 0 Å². The van der Waals surface area contributed by atoms with Crippen LogP contribution >= 0.6 is 11.9 Å². The first kappa shape index (κ1) is 17.2. The van der Waals surface area contributed by atoms with E-state index in [9.17, 15) is 0 Å². The van der Waals surface area contributed by atoms with Gasteiger partial charge in [-0.3, -0.25) is 4.31 Å². The van der Waals surface area contributed by atoms with Gasteiger partial charge in [0.1, 0.15) is 0 Å². The van der Waals surface area contributed by atoms with E-state index in [0.717, 1.165) is 12.2 Å². The number of benzene rings is 1. The Morgan fingerprint density at radius 3 is 2.50 bits per heavy atom. The Balaban J connectivity index is 2.35. The van der Waals surface area contributed by atoms with Crippen LogP contribution in [0.5, 0.6) is 0 Å². The van der Waals surface area contributed by atoms with Crippen LogP contribution in [0.25, 0.3) is 0 Å². The Morgan fingerprint density at radius 1 is 1.10 bits per heavy atom. The summed E-state index contributed by atoms with van der Waals surface area (Å²) in [4.78, 5) is 1.20. The van der Waals surface area contributed by atoms with E-state index in [0.29, 0.717) is 0 Å². The van der Waals surface area contributed by atoms with E-state index in [1.807, 2.05) is 26.2 Å². The lowest BCUT2D eigenvalue weighted by Gasteiger charge is -2.15. The summed E-state index contributed by atoms with van der Waals surface area (Å²) in [6.07, 6.45) is 7.97.